The van der Waals surface area contributed by atoms with Crippen molar-refractivity contribution in [1.29, 1.82) is 0 Å². The fourth-order valence-corrected chi connectivity index (χ4v) is 3.70. The number of thioether (sulfide) groups is 1. The van der Waals surface area contributed by atoms with Crippen LogP contribution in [0.4, 0.5) is 10.1 Å². The van der Waals surface area contributed by atoms with Crippen LogP contribution in [0.3, 0.4) is 0 Å². The van der Waals surface area contributed by atoms with E-state index in [1.165, 1.54) is 34.7 Å². The number of carbonyl (C=O) groups excluding carboxylic acids is 1. The Hall–Kier alpha value is -3.13. The number of hydrogen-bond acceptors (Lipinski definition) is 5. The van der Waals surface area contributed by atoms with Crippen molar-refractivity contribution in [2.75, 3.05) is 11.1 Å². The monoisotopic (exact) mass is 397 g/mol. The second kappa shape index (κ2) is 7.85. The van der Waals surface area contributed by atoms with Gasteiger partial charge in [-0.15, -0.1) is 0 Å². The van der Waals surface area contributed by atoms with Crippen LogP contribution < -0.4 is 15.6 Å². The Bertz CT molecular complexity index is 1080. The van der Waals surface area contributed by atoms with E-state index in [2.05, 4.69) is 10.3 Å². The van der Waals surface area contributed by atoms with E-state index in [0.29, 0.717) is 23.1 Å². The van der Waals surface area contributed by atoms with Crippen molar-refractivity contribution in [2.45, 2.75) is 18.3 Å². The van der Waals surface area contributed by atoms with Gasteiger partial charge in [0.1, 0.15) is 23.7 Å². The number of rotatable bonds is 5. The van der Waals surface area contributed by atoms with Crippen LogP contribution in [0.15, 0.2) is 64.7 Å². The van der Waals surface area contributed by atoms with Gasteiger partial charge in [-0.1, -0.05) is 30.0 Å². The first-order valence-corrected chi connectivity index (χ1v) is 9.60. The lowest BCUT2D eigenvalue weighted by Crippen LogP contribution is -2.29. The molecule has 2 heterocycles. The van der Waals surface area contributed by atoms with E-state index in [4.69, 9.17) is 4.74 Å². The molecule has 1 amide bonds. The molecule has 0 saturated carbocycles. The van der Waals surface area contributed by atoms with Crippen LogP contribution in [-0.2, 0) is 13.2 Å². The maximum absolute atomic E-state index is 13.0. The summed E-state index contributed by atoms with van der Waals surface area (Å²) in [6.45, 7) is 0.825. The van der Waals surface area contributed by atoms with Crippen molar-refractivity contribution in [3.63, 3.8) is 0 Å². The quantitative estimate of drug-likeness (QED) is 0.669. The molecule has 0 aliphatic carbocycles. The molecule has 0 saturated heterocycles. The van der Waals surface area contributed by atoms with E-state index in [0.717, 1.165) is 11.3 Å². The molecular formula is C20H16FN3O3S. The first-order valence-electron chi connectivity index (χ1n) is 8.61. The highest BCUT2D eigenvalue weighted by Gasteiger charge is 2.20. The van der Waals surface area contributed by atoms with Crippen LogP contribution in [0.25, 0.3) is 0 Å². The summed E-state index contributed by atoms with van der Waals surface area (Å²) in [6, 6.07) is 12.9. The van der Waals surface area contributed by atoms with Crippen molar-refractivity contribution in [3.8, 4) is 5.75 Å². The minimum Gasteiger partial charge on any atom is -0.489 e. The lowest BCUT2D eigenvalue weighted by molar-refractivity contribution is 0.102. The number of anilines is 1. The summed E-state index contributed by atoms with van der Waals surface area (Å²) in [5.41, 5.74) is 0.993. The molecule has 4 rings (SSSR count). The highest BCUT2D eigenvalue weighted by molar-refractivity contribution is 7.99. The van der Waals surface area contributed by atoms with E-state index >= 15 is 0 Å². The van der Waals surface area contributed by atoms with E-state index in [1.807, 2.05) is 0 Å². The number of hydrogen-bond donors (Lipinski definition) is 1. The molecule has 3 aromatic rings. The third kappa shape index (κ3) is 3.91. The highest BCUT2D eigenvalue weighted by atomic mass is 32.2. The van der Waals surface area contributed by atoms with Gasteiger partial charge in [0, 0.05) is 30.2 Å². The number of nitrogens with zero attached hydrogens (tertiary/aromatic N) is 2. The molecule has 1 aliphatic rings. The summed E-state index contributed by atoms with van der Waals surface area (Å²) < 4.78 is 20.2. The second-order valence-electron chi connectivity index (χ2n) is 6.16. The van der Waals surface area contributed by atoms with Crippen LogP contribution in [-0.4, -0.2) is 21.2 Å². The van der Waals surface area contributed by atoms with E-state index < -0.39 is 5.91 Å². The van der Waals surface area contributed by atoms with Crippen LogP contribution in [0.2, 0.25) is 0 Å². The van der Waals surface area contributed by atoms with Gasteiger partial charge in [-0.2, -0.15) is 0 Å². The number of benzene rings is 2. The Balaban J connectivity index is 1.45. The maximum atomic E-state index is 13.0. The standard InChI is InChI=1S/C20H16FN3O3S/c21-14-6-4-13(5-7-14)12-27-16-3-1-2-15(10-16)23-18(25)17-11-22-20-24(19(17)26)8-9-28-20/h1-7,10-11H,8-9,12H2,(H,23,25). The second-order valence-corrected chi connectivity index (χ2v) is 7.22. The number of carbonyl (C=O) groups is 1. The number of fused-ring (bicyclic) bond motifs is 1. The topological polar surface area (TPSA) is 73.2 Å². The molecule has 0 unspecified atom stereocenters. The van der Waals surface area contributed by atoms with Crippen LogP contribution in [0, 0.1) is 5.82 Å². The molecule has 8 heteroatoms. The number of aromatic nitrogens is 2. The molecule has 2 aromatic carbocycles. The van der Waals surface area contributed by atoms with Crippen LogP contribution in [0.5, 0.6) is 5.75 Å². The SMILES string of the molecule is O=C(Nc1cccc(OCc2ccc(F)cc2)c1)c1cnc2n(c1=O)CCS2. The predicted molar refractivity (Wildman–Crippen MR) is 104 cm³/mol. The molecule has 1 aromatic heterocycles. The summed E-state index contributed by atoms with van der Waals surface area (Å²) in [5, 5.41) is 3.34. The van der Waals surface area contributed by atoms with Gasteiger partial charge < -0.3 is 10.1 Å². The van der Waals surface area contributed by atoms with Crippen molar-refractivity contribution in [2.24, 2.45) is 0 Å². The van der Waals surface area contributed by atoms with Crippen LogP contribution in [0.1, 0.15) is 15.9 Å². The summed E-state index contributed by atoms with van der Waals surface area (Å²) >= 11 is 1.50. The predicted octanol–water partition coefficient (Wildman–Crippen LogP) is 3.32. The number of nitrogens with one attached hydrogen (secondary N) is 1. The maximum Gasteiger partial charge on any atom is 0.267 e. The zero-order chi connectivity index (χ0) is 19.5. The van der Waals surface area contributed by atoms with Gasteiger partial charge in [-0.05, 0) is 29.8 Å². The Morgan fingerprint density at radius 1 is 1.25 bits per heavy atom. The fraction of sp³-hybridized carbons (Fsp3) is 0.150. The zero-order valence-electron chi connectivity index (χ0n) is 14.7. The first-order chi connectivity index (χ1) is 13.6. The Morgan fingerprint density at radius 3 is 2.89 bits per heavy atom. The van der Waals surface area contributed by atoms with Gasteiger partial charge in [0.15, 0.2) is 5.16 Å². The van der Waals surface area contributed by atoms with Gasteiger partial charge in [0.25, 0.3) is 11.5 Å². The van der Waals surface area contributed by atoms with Gasteiger partial charge >= 0.3 is 0 Å². The van der Waals surface area contributed by atoms with E-state index in [9.17, 15) is 14.0 Å². The third-order valence-electron chi connectivity index (χ3n) is 4.21. The Morgan fingerprint density at radius 2 is 2.07 bits per heavy atom. The molecule has 0 atom stereocenters. The van der Waals surface area contributed by atoms with E-state index in [1.54, 1.807) is 36.4 Å². The molecule has 6 nitrogen and oxygen atoms in total. The van der Waals surface area contributed by atoms with Crippen molar-refractivity contribution < 1.29 is 13.9 Å². The summed E-state index contributed by atoms with van der Waals surface area (Å²) in [5.74, 6) is 0.507. The smallest absolute Gasteiger partial charge is 0.267 e. The average molecular weight is 397 g/mol. The van der Waals surface area contributed by atoms with Gasteiger partial charge in [0.05, 0.1) is 0 Å². The highest BCUT2D eigenvalue weighted by Crippen LogP contribution is 2.22. The Kier molecular flexibility index (Phi) is 5.12. The molecule has 0 radical (unpaired) electrons. The molecule has 0 bridgehead atoms. The number of ether oxygens (including phenoxy) is 1. The van der Waals surface area contributed by atoms with Crippen molar-refractivity contribution in [3.05, 3.63) is 82.0 Å². The summed E-state index contributed by atoms with van der Waals surface area (Å²) in [6.07, 6.45) is 1.32. The lowest BCUT2D eigenvalue weighted by atomic mass is 10.2. The van der Waals surface area contributed by atoms with Crippen molar-refractivity contribution >= 4 is 23.4 Å². The molecular weight excluding hydrogens is 381 g/mol. The molecule has 1 aliphatic heterocycles. The number of amides is 1. The molecule has 142 valence electrons. The van der Waals surface area contributed by atoms with Crippen molar-refractivity contribution in [1.82, 2.24) is 9.55 Å². The zero-order valence-corrected chi connectivity index (χ0v) is 15.5. The Labute approximate surface area is 164 Å². The van der Waals surface area contributed by atoms with Gasteiger partial charge in [-0.3, -0.25) is 14.2 Å². The van der Waals surface area contributed by atoms with Crippen LogP contribution >= 0.6 is 11.8 Å². The normalized spacial score (nSPS) is 12.5. The minimum absolute atomic E-state index is 0.00360. The lowest BCUT2D eigenvalue weighted by Gasteiger charge is -2.10. The largest absolute Gasteiger partial charge is 0.489 e. The molecule has 0 fully saturated rings. The number of halogens is 1. The first kappa shape index (κ1) is 18.2. The van der Waals surface area contributed by atoms with Gasteiger partial charge in [0.2, 0.25) is 0 Å². The molecule has 1 N–H and O–H groups in total. The minimum atomic E-state index is -0.514. The average Bonchev–Trinajstić information content (AvgIpc) is 3.18. The third-order valence-corrected chi connectivity index (χ3v) is 5.18. The fourth-order valence-electron chi connectivity index (χ4n) is 2.78. The summed E-state index contributed by atoms with van der Waals surface area (Å²) in [7, 11) is 0. The van der Waals surface area contributed by atoms with E-state index in [-0.39, 0.29) is 23.5 Å². The van der Waals surface area contributed by atoms with Gasteiger partial charge in [-0.25, -0.2) is 9.37 Å². The summed E-state index contributed by atoms with van der Waals surface area (Å²) in [4.78, 5) is 29.1. The molecule has 28 heavy (non-hydrogen) atoms. The molecule has 0 spiro atoms.